The van der Waals surface area contributed by atoms with Gasteiger partial charge in [0.25, 0.3) is 0 Å². The molecule has 0 radical (unpaired) electrons. The van der Waals surface area contributed by atoms with Gasteiger partial charge in [-0.1, -0.05) is 0 Å². The molecule has 2 saturated heterocycles. The van der Waals surface area contributed by atoms with Crippen molar-refractivity contribution in [2.75, 3.05) is 13.3 Å². The first-order valence-electron chi connectivity index (χ1n) is 7.87. The van der Waals surface area contributed by atoms with Crippen LogP contribution in [0, 0.1) is 0 Å². The van der Waals surface area contributed by atoms with Gasteiger partial charge in [0, 0.05) is 24.4 Å². The smallest absolute Gasteiger partial charge is 0.341 e. The number of halogens is 1. The maximum Gasteiger partial charge on any atom is 0.341 e. The number of aromatic nitrogens is 3. The molecule has 0 atom stereocenters. The zero-order valence-electron chi connectivity index (χ0n) is 13.5. The highest BCUT2D eigenvalue weighted by atomic mass is 19.1. The molecular formula is C16H18FN3O4. The van der Waals surface area contributed by atoms with Gasteiger partial charge in [0.05, 0.1) is 18.2 Å². The summed E-state index contributed by atoms with van der Waals surface area (Å²) in [5, 5.41) is 14.5. The van der Waals surface area contributed by atoms with E-state index in [1.807, 2.05) is 0 Å². The first-order chi connectivity index (χ1) is 11.4. The molecule has 24 heavy (non-hydrogen) atoms. The molecule has 1 saturated carbocycles. The van der Waals surface area contributed by atoms with Crippen LogP contribution in [0.3, 0.4) is 0 Å². The molecule has 2 aliphatic heterocycles. The fourth-order valence-electron chi connectivity index (χ4n) is 3.65. The number of ether oxygens (including phenoxy) is 2. The molecule has 0 unspecified atom stereocenters. The molecule has 3 fully saturated rings. The van der Waals surface area contributed by atoms with Crippen molar-refractivity contribution < 1.29 is 23.8 Å². The minimum absolute atomic E-state index is 0.00244. The number of hydrogen-bond acceptors (Lipinski definition) is 5. The van der Waals surface area contributed by atoms with Crippen LogP contribution in [-0.2, 0) is 10.3 Å². The summed E-state index contributed by atoms with van der Waals surface area (Å²) in [6.45, 7) is 3.51. The highest BCUT2D eigenvalue weighted by molar-refractivity contribution is 5.94. The number of aromatic carboxylic acids is 1. The second-order valence-electron chi connectivity index (χ2n) is 6.98. The van der Waals surface area contributed by atoms with E-state index in [4.69, 9.17) is 9.47 Å². The van der Waals surface area contributed by atoms with Gasteiger partial charge in [-0.05, 0) is 19.9 Å². The molecule has 0 aromatic carbocycles. The summed E-state index contributed by atoms with van der Waals surface area (Å²) in [5.41, 5.74) is -0.601. The number of hydrogen-bond donors (Lipinski definition) is 1. The Hall–Kier alpha value is -2.22. The quantitative estimate of drug-likeness (QED) is 0.901. The second kappa shape index (κ2) is 4.89. The van der Waals surface area contributed by atoms with Crippen LogP contribution in [-0.4, -0.2) is 50.8 Å². The average molecular weight is 335 g/mol. The molecule has 0 spiro atoms. The predicted octanol–water partition coefficient (Wildman–Crippen LogP) is 2.14. The summed E-state index contributed by atoms with van der Waals surface area (Å²) in [5.74, 6) is -1.04. The van der Waals surface area contributed by atoms with Gasteiger partial charge >= 0.3 is 5.97 Å². The Labute approximate surface area is 137 Å². The van der Waals surface area contributed by atoms with Crippen LogP contribution in [0.5, 0.6) is 5.88 Å². The van der Waals surface area contributed by atoms with E-state index in [9.17, 15) is 14.3 Å². The van der Waals surface area contributed by atoms with Crippen LogP contribution in [0.1, 0.15) is 37.0 Å². The molecule has 5 rings (SSSR count). The van der Waals surface area contributed by atoms with Crippen molar-refractivity contribution in [2.45, 2.75) is 43.9 Å². The molecule has 1 N–H and O–H groups in total. The van der Waals surface area contributed by atoms with Crippen LogP contribution in [0.15, 0.2) is 12.3 Å². The van der Waals surface area contributed by atoms with E-state index >= 15 is 0 Å². The van der Waals surface area contributed by atoms with Crippen LogP contribution in [0.2, 0.25) is 0 Å². The van der Waals surface area contributed by atoms with E-state index in [-0.39, 0.29) is 23.1 Å². The van der Waals surface area contributed by atoms with Crippen molar-refractivity contribution in [2.24, 2.45) is 0 Å². The summed E-state index contributed by atoms with van der Waals surface area (Å²) in [7, 11) is 0. The topological polar surface area (TPSA) is 86.5 Å². The van der Waals surface area contributed by atoms with Gasteiger partial charge in [-0.25, -0.2) is 9.18 Å². The summed E-state index contributed by atoms with van der Waals surface area (Å²) >= 11 is 0. The van der Waals surface area contributed by atoms with Crippen LogP contribution < -0.4 is 4.74 Å². The molecule has 2 aromatic rings. The molecule has 3 aliphatic rings. The summed E-state index contributed by atoms with van der Waals surface area (Å²) in [6.07, 6.45) is 2.70. The normalized spacial score (nSPS) is 28.3. The number of pyridine rings is 1. The van der Waals surface area contributed by atoms with Gasteiger partial charge in [-0.15, -0.1) is 0 Å². The van der Waals surface area contributed by atoms with Gasteiger partial charge in [0.2, 0.25) is 5.88 Å². The second-order valence-corrected chi connectivity index (χ2v) is 6.98. The highest BCUT2D eigenvalue weighted by Gasteiger charge is 2.64. The lowest BCUT2D eigenvalue weighted by Gasteiger charge is -2.42. The SMILES string of the molecule is CC(C)Oc1nc2nn(C34COC(CF)(C3)C4)cc2cc1C(=O)O. The molecule has 8 heteroatoms. The number of fused-ring (bicyclic) bond motifs is 2. The zero-order chi connectivity index (χ0) is 17.1. The Morgan fingerprint density at radius 3 is 2.88 bits per heavy atom. The monoisotopic (exact) mass is 335 g/mol. The summed E-state index contributed by atoms with van der Waals surface area (Å²) in [6, 6.07) is 1.51. The first kappa shape index (κ1) is 15.3. The molecule has 1 aliphatic carbocycles. The number of carboxylic acids is 1. The third kappa shape index (κ3) is 2.09. The molecule has 128 valence electrons. The van der Waals surface area contributed by atoms with Crippen molar-refractivity contribution in [1.29, 1.82) is 0 Å². The van der Waals surface area contributed by atoms with Crippen molar-refractivity contribution in [3.05, 3.63) is 17.8 Å². The van der Waals surface area contributed by atoms with E-state index in [0.29, 0.717) is 30.5 Å². The predicted molar refractivity (Wildman–Crippen MR) is 82.1 cm³/mol. The van der Waals surface area contributed by atoms with Gasteiger partial charge in [0.15, 0.2) is 5.65 Å². The lowest BCUT2D eigenvalue weighted by atomic mass is 9.69. The van der Waals surface area contributed by atoms with Gasteiger partial charge in [0.1, 0.15) is 17.8 Å². The third-order valence-electron chi connectivity index (χ3n) is 4.72. The molecule has 2 aromatic heterocycles. The van der Waals surface area contributed by atoms with Crippen LogP contribution in [0.4, 0.5) is 4.39 Å². The Balaban J connectivity index is 1.75. The maximum atomic E-state index is 13.1. The lowest BCUT2D eigenvalue weighted by Crippen LogP contribution is -2.52. The Morgan fingerprint density at radius 1 is 1.54 bits per heavy atom. The van der Waals surface area contributed by atoms with Gasteiger partial charge in [-0.3, -0.25) is 4.68 Å². The molecule has 7 nitrogen and oxygen atoms in total. The van der Waals surface area contributed by atoms with E-state index in [0.717, 1.165) is 0 Å². The van der Waals surface area contributed by atoms with E-state index in [1.54, 1.807) is 24.7 Å². The van der Waals surface area contributed by atoms with E-state index < -0.39 is 18.2 Å². The van der Waals surface area contributed by atoms with Gasteiger partial charge in [-0.2, -0.15) is 10.1 Å². The average Bonchev–Trinajstić information content (AvgIpc) is 3.15. The van der Waals surface area contributed by atoms with Crippen molar-refractivity contribution >= 4 is 17.0 Å². The number of carboxylic acid groups (broad SMARTS) is 1. The highest BCUT2D eigenvalue weighted by Crippen LogP contribution is 2.56. The van der Waals surface area contributed by atoms with Crippen molar-refractivity contribution in [3.8, 4) is 5.88 Å². The first-order valence-corrected chi connectivity index (χ1v) is 7.87. The number of nitrogens with zero attached hydrogens (tertiary/aromatic N) is 3. The number of alkyl halides is 1. The van der Waals surface area contributed by atoms with Crippen molar-refractivity contribution in [1.82, 2.24) is 14.8 Å². The van der Waals surface area contributed by atoms with E-state index in [2.05, 4.69) is 10.1 Å². The maximum absolute atomic E-state index is 13.1. The fourth-order valence-corrected chi connectivity index (χ4v) is 3.65. The van der Waals surface area contributed by atoms with E-state index in [1.165, 1.54) is 6.07 Å². The number of carbonyl (C=O) groups is 1. The Morgan fingerprint density at radius 2 is 2.29 bits per heavy atom. The Kier molecular flexibility index (Phi) is 3.12. The third-order valence-corrected chi connectivity index (χ3v) is 4.72. The van der Waals surface area contributed by atoms with Crippen LogP contribution >= 0.6 is 0 Å². The largest absolute Gasteiger partial charge is 0.477 e. The molecular weight excluding hydrogens is 317 g/mol. The lowest BCUT2D eigenvalue weighted by molar-refractivity contribution is -0.0336. The minimum atomic E-state index is -1.10. The summed E-state index contributed by atoms with van der Waals surface area (Å²) in [4.78, 5) is 15.7. The Bertz CT molecular complexity index is 826. The minimum Gasteiger partial charge on any atom is -0.477 e. The zero-order valence-corrected chi connectivity index (χ0v) is 13.5. The van der Waals surface area contributed by atoms with Crippen molar-refractivity contribution in [3.63, 3.8) is 0 Å². The van der Waals surface area contributed by atoms with Crippen LogP contribution in [0.25, 0.3) is 11.0 Å². The fraction of sp³-hybridized carbons (Fsp3) is 0.562. The number of rotatable bonds is 5. The summed E-state index contributed by atoms with van der Waals surface area (Å²) < 4.78 is 25.9. The van der Waals surface area contributed by atoms with Gasteiger partial charge < -0.3 is 14.6 Å². The standard InChI is InChI=1S/C16H18FN3O4/c1-9(2)24-13-11(14(21)22)3-10-4-20(19-12(10)18-13)15-5-16(6-15,7-17)23-8-15/h3-4,9H,5-8H2,1-2H3,(H,21,22). The molecule has 4 heterocycles. The molecule has 0 amide bonds. The molecule has 2 bridgehead atoms.